The zero-order valence-electron chi connectivity index (χ0n) is 19.5. The van der Waals surface area contributed by atoms with Crippen molar-refractivity contribution in [3.05, 3.63) is 65.2 Å². The fraction of sp³-hybridized carbons (Fsp3) is 0.429. The van der Waals surface area contributed by atoms with Gasteiger partial charge in [-0.2, -0.15) is 0 Å². The third kappa shape index (κ3) is 4.68. The van der Waals surface area contributed by atoms with Crippen LogP contribution in [-0.4, -0.2) is 25.0 Å². The predicted octanol–water partition coefficient (Wildman–Crippen LogP) is 6.74. The van der Waals surface area contributed by atoms with Crippen molar-refractivity contribution in [2.24, 2.45) is 11.8 Å². The molecule has 1 aromatic heterocycles. The molecule has 2 unspecified atom stereocenters. The van der Waals surface area contributed by atoms with Gasteiger partial charge < -0.3 is 20.4 Å². The third-order valence-corrected chi connectivity index (χ3v) is 7.54. The number of benzene rings is 2. The van der Waals surface area contributed by atoms with Crippen LogP contribution >= 0.6 is 0 Å². The van der Waals surface area contributed by atoms with E-state index in [1.54, 1.807) is 24.3 Å². The normalized spacial score (nSPS) is 16.5. The van der Waals surface area contributed by atoms with E-state index in [9.17, 15) is 20.4 Å². The van der Waals surface area contributed by atoms with E-state index < -0.39 is 0 Å². The number of phenolic OH excluding ortho intramolecular Hbond substituents is 2. The van der Waals surface area contributed by atoms with Crippen LogP contribution in [-0.2, 0) is 0 Å². The molecule has 0 spiro atoms. The zero-order chi connectivity index (χ0) is 23.5. The lowest BCUT2D eigenvalue weighted by Gasteiger charge is -2.32. The lowest BCUT2D eigenvalue weighted by Crippen LogP contribution is -2.20. The topological polar surface area (TPSA) is 85.9 Å². The molecule has 0 radical (unpaired) electrons. The summed E-state index contributed by atoms with van der Waals surface area (Å²) in [7, 11) is 0. The minimum Gasteiger partial charge on any atom is -0.508 e. The molecule has 5 nitrogen and oxygen atoms in total. The van der Waals surface area contributed by atoms with E-state index in [4.69, 9.17) is 0 Å². The first-order valence-corrected chi connectivity index (χ1v) is 12.1. The van der Waals surface area contributed by atoms with E-state index in [2.05, 4.69) is 6.92 Å². The Bertz CT molecular complexity index is 1060. The van der Waals surface area contributed by atoms with E-state index in [0.29, 0.717) is 23.1 Å². The van der Waals surface area contributed by atoms with Crippen LogP contribution in [0.4, 0.5) is 0 Å². The van der Waals surface area contributed by atoms with Crippen LogP contribution in [0.3, 0.4) is 0 Å². The molecule has 5 heteroatoms. The first-order valence-electron chi connectivity index (χ1n) is 12.1. The average molecular weight is 450 g/mol. The van der Waals surface area contributed by atoms with Gasteiger partial charge in [0, 0.05) is 17.0 Å². The Labute approximate surface area is 196 Å². The largest absolute Gasteiger partial charge is 0.508 e. The molecular formula is C28H35NO4. The van der Waals surface area contributed by atoms with Gasteiger partial charge in [-0.3, -0.25) is 4.57 Å². The second-order valence-corrected chi connectivity index (χ2v) is 9.48. The summed E-state index contributed by atoms with van der Waals surface area (Å²) in [4.78, 5) is 0. The van der Waals surface area contributed by atoms with Crippen LogP contribution in [0.25, 0.3) is 5.69 Å². The highest BCUT2D eigenvalue weighted by Gasteiger charge is 2.32. The smallest absolute Gasteiger partial charge is 0.202 e. The lowest BCUT2D eigenvalue weighted by molar-refractivity contribution is 0.223. The minimum absolute atomic E-state index is 0.00248. The molecule has 1 heterocycles. The summed E-state index contributed by atoms with van der Waals surface area (Å²) in [6.07, 6.45) is 8.35. The van der Waals surface area contributed by atoms with E-state index in [1.165, 1.54) is 48.8 Å². The molecule has 3 aromatic rings. The number of hydrogen-bond donors (Lipinski definition) is 4. The Kier molecular flexibility index (Phi) is 6.87. The van der Waals surface area contributed by atoms with Crippen LogP contribution in [0, 0.1) is 18.8 Å². The second kappa shape index (κ2) is 9.82. The average Bonchev–Trinajstić information content (AvgIpc) is 3.05. The molecule has 176 valence electrons. The van der Waals surface area contributed by atoms with E-state index in [1.807, 2.05) is 19.1 Å². The van der Waals surface area contributed by atoms with E-state index in [-0.39, 0.29) is 29.2 Å². The Morgan fingerprint density at radius 2 is 1.39 bits per heavy atom. The molecule has 0 aliphatic heterocycles. The number of aromatic nitrogens is 1. The minimum atomic E-state index is -0.109. The molecule has 0 saturated heterocycles. The van der Waals surface area contributed by atoms with E-state index in [0.717, 1.165) is 24.0 Å². The molecule has 4 rings (SSSR count). The summed E-state index contributed by atoms with van der Waals surface area (Å²) in [5.41, 5.74) is 2.97. The summed E-state index contributed by atoms with van der Waals surface area (Å²) in [5.74, 6) is 1.45. The van der Waals surface area contributed by atoms with Crippen molar-refractivity contribution in [3.63, 3.8) is 0 Å². The van der Waals surface area contributed by atoms with Gasteiger partial charge in [0.25, 0.3) is 0 Å². The Balaban J connectivity index is 1.79. The van der Waals surface area contributed by atoms with Crippen molar-refractivity contribution in [3.8, 4) is 28.9 Å². The molecule has 2 atom stereocenters. The molecule has 1 saturated carbocycles. The van der Waals surface area contributed by atoms with E-state index >= 15 is 0 Å². The molecule has 2 aromatic carbocycles. The Morgan fingerprint density at radius 1 is 0.818 bits per heavy atom. The second-order valence-electron chi connectivity index (χ2n) is 9.48. The van der Waals surface area contributed by atoms with Gasteiger partial charge in [-0.1, -0.05) is 57.6 Å². The summed E-state index contributed by atoms with van der Waals surface area (Å²) >= 11 is 0. The number of hydrogen-bond acceptors (Lipinski definition) is 4. The highest BCUT2D eigenvalue weighted by atomic mass is 16.3. The SMILES string of the molecule is CCC(CC(c1ccc(O)cc1)c1c(C)c(O)n(-c2ccc(O)cc2)c1O)C1CCCCC1. The molecule has 1 aliphatic carbocycles. The maximum absolute atomic E-state index is 11.4. The fourth-order valence-electron chi connectivity index (χ4n) is 5.67. The zero-order valence-corrected chi connectivity index (χ0v) is 19.5. The number of nitrogens with zero attached hydrogens (tertiary/aromatic N) is 1. The third-order valence-electron chi connectivity index (χ3n) is 7.54. The van der Waals surface area contributed by atoms with Gasteiger partial charge in [-0.05, 0) is 67.1 Å². The van der Waals surface area contributed by atoms with Crippen LogP contribution in [0.5, 0.6) is 23.3 Å². The Morgan fingerprint density at radius 3 is 1.97 bits per heavy atom. The first kappa shape index (κ1) is 23.1. The maximum Gasteiger partial charge on any atom is 0.202 e. The molecule has 1 aliphatic rings. The van der Waals surface area contributed by atoms with Crippen molar-refractivity contribution in [1.29, 1.82) is 0 Å². The van der Waals surface area contributed by atoms with Gasteiger partial charge in [-0.15, -0.1) is 0 Å². The van der Waals surface area contributed by atoms with Gasteiger partial charge in [0.2, 0.25) is 11.8 Å². The number of aromatic hydroxyl groups is 4. The van der Waals surface area contributed by atoms with Gasteiger partial charge in [-0.25, -0.2) is 0 Å². The lowest BCUT2D eigenvalue weighted by atomic mass is 9.72. The van der Waals surface area contributed by atoms with Crippen LogP contribution < -0.4 is 0 Å². The van der Waals surface area contributed by atoms with Gasteiger partial charge >= 0.3 is 0 Å². The van der Waals surface area contributed by atoms with Crippen molar-refractivity contribution in [1.82, 2.24) is 4.57 Å². The van der Waals surface area contributed by atoms with Crippen molar-refractivity contribution >= 4 is 0 Å². The molecule has 33 heavy (non-hydrogen) atoms. The first-order chi connectivity index (χ1) is 15.9. The summed E-state index contributed by atoms with van der Waals surface area (Å²) in [6.45, 7) is 4.09. The highest BCUT2D eigenvalue weighted by Crippen LogP contribution is 2.47. The predicted molar refractivity (Wildman–Crippen MR) is 130 cm³/mol. The van der Waals surface area contributed by atoms with Gasteiger partial charge in [0.05, 0.1) is 5.69 Å². The van der Waals surface area contributed by atoms with Gasteiger partial charge in [0.1, 0.15) is 11.5 Å². The van der Waals surface area contributed by atoms with Crippen molar-refractivity contribution in [2.45, 2.75) is 64.7 Å². The summed E-state index contributed by atoms with van der Waals surface area (Å²) < 4.78 is 1.44. The quantitative estimate of drug-likeness (QED) is 0.322. The molecule has 1 fully saturated rings. The fourth-order valence-corrected chi connectivity index (χ4v) is 5.67. The highest BCUT2D eigenvalue weighted by molar-refractivity contribution is 5.56. The van der Waals surface area contributed by atoms with Crippen LogP contribution in [0.2, 0.25) is 0 Å². The summed E-state index contributed by atoms with van der Waals surface area (Å²) in [6, 6.07) is 13.6. The maximum atomic E-state index is 11.4. The van der Waals surface area contributed by atoms with Crippen molar-refractivity contribution < 1.29 is 20.4 Å². The van der Waals surface area contributed by atoms with Crippen molar-refractivity contribution in [2.75, 3.05) is 0 Å². The van der Waals surface area contributed by atoms with Crippen LogP contribution in [0.1, 0.15) is 74.5 Å². The number of rotatable bonds is 7. The monoisotopic (exact) mass is 449 g/mol. The molecule has 4 N–H and O–H groups in total. The standard InChI is InChI=1S/C28H35NO4/c1-3-19(20-7-5-4-6-8-20)17-25(21-9-13-23(30)14-10-21)26-18(2)27(32)29(28(26)33)22-11-15-24(31)16-12-22/h9-16,19-20,25,30-33H,3-8,17H2,1-2H3. The van der Waals surface area contributed by atoms with Gasteiger partial charge in [0.15, 0.2) is 0 Å². The molecule has 0 bridgehead atoms. The number of phenols is 2. The molecular weight excluding hydrogens is 414 g/mol. The van der Waals surface area contributed by atoms with Crippen LogP contribution in [0.15, 0.2) is 48.5 Å². The molecule has 0 amide bonds. The summed E-state index contributed by atoms with van der Waals surface area (Å²) in [5, 5.41) is 41.9. The Hall–Kier alpha value is -3.08.